The van der Waals surface area contributed by atoms with Crippen molar-refractivity contribution >= 4 is 0 Å². The van der Waals surface area contributed by atoms with Crippen LogP contribution in [0.1, 0.15) is 99.3 Å². The molecule has 4 aliphatic carbocycles. The van der Waals surface area contributed by atoms with Gasteiger partial charge in [-0.25, -0.2) is 0 Å². The molecule has 0 heterocycles. The summed E-state index contributed by atoms with van der Waals surface area (Å²) in [7, 11) is 0. The minimum atomic E-state index is -0.108. The Balaban J connectivity index is 1.52. The predicted octanol–water partition coefficient (Wildman–Crippen LogP) is 7.55. The van der Waals surface area contributed by atoms with Gasteiger partial charge in [-0.1, -0.05) is 77.7 Å². The molecule has 0 spiro atoms. The van der Waals surface area contributed by atoms with E-state index in [1.165, 1.54) is 44.9 Å². The first kappa shape index (κ1) is 21.7. The Kier molecular flexibility index (Phi) is 5.86. The molecule has 0 aromatic rings. The van der Waals surface area contributed by atoms with Gasteiger partial charge < -0.3 is 5.11 Å². The summed E-state index contributed by atoms with van der Waals surface area (Å²) in [5.41, 5.74) is 4.17. The molecule has 0 saturated heterocycles. The van der Waals surface area contributed by atoms with E-state index >= 15 is 0 Å². The molecule has 8 atom stereocenters. The molecule has 0 unspecified atom stereocenters. The number of aliphatic hydroxyl groups is 1. The summed E-state index contributed by atoms with van der Waals surface area (Å²) in [5, 5.41) is 10.2. The first-order valence-electron chi connectivity index (χ1n) is 12.8. The summed E-state index contributed by atoms with van der Waals surface area (Å²) < 4.78 is 0. The first-order valence-corrected chi connectivity index (χ1v) is 12.8. The zero-order valence-corrected chi connectivity index (χ0v) is 20.0. The topological polar surface area (TPSA) is 20.2 Å². The number of aliphatic hydroxyl groups excluding tert-OH is 1. The quantitative estimate of drug-likeness (QED) is 0.506. The van der Waals surface area contributed by atoms with Crippen LogP contribution >= 0.6 is 0 Å². The van der Waals surface area contributed by atoms with Crippen molar-refractivity contribution in [3.8, 4) is 0 Å². The van der Waals surface area contributed by atoms with Gasteiger partial charge in [0, 0.05) is 0 Å². The lowest BCUT2D eigenvalue weighted by Crippen LogP contribution is -2.46. The van der Waals surface area contributed by atoms with Gasteiger partial charge in [0.25, 0.3) is 0 Å². The Morgan fingerprint density at radius 1 is 0.931 bits per heavy atom. The third-order valence-corrected chi connectivity index (χ3v) is 10.5. The predicted molar refractivity (Wildman–Crippen MR) is 124 cm³/mol. The minimum absolute atomic E-state index is 0.108. The van der Waals surface area contributed by atoms with Crippen LogP contribution in [0.2, 0.25) is 0 Å². The molecular formula is C28H46O. The highest BCUT2D eigenvalue weighted by Gasteiger charge is 2.56. The van der Waals surface area contributed by atoms with E-state index in [1.807, 2.05) is 0 Å². The average Bonchev–Trinajstić information content (AvgIpc) is 3.03. The van der Waals surface area contributed by atoms with Crippen molar-refractivity contribution in [2.75, 3.05) is 0 Å². The number of rotatable bonds is 5. The van der Waals surface area contributed by atoms with Crippen molar-refractivity contribution in [1.29, 1.82) is 0 Å². The summed E-state index contributed by atoms with van der Waals surface area (Å²) in [4.78, 5) is 0. The maximum atomic E-state index is 10.2. The Morgan fingerprint density at radius 2 is 1.69 bits per heavy atom. The van der Waals surface area contributed by atoms with Crippen LogP contribution in [0.5, 0.6) is 0 Å². The highest BCUT2D eigenvalue weighted by Crippen LogP contribution is 2.66. The molecule has 0 aromatic heterocycles. The van der Waals surface area contributed by atoms with Crippen molar-refractivity contribution in [2.24, 2.45) is 46.3 Å². The van der Waals surface area contributed by atoms with Crippen LogP contribution in [0.3, 0.4) is 0 Å². The lowest BCUT2D eigenvalue weighted by molar-refractivity contribution is 0.0317. The van der Waals surface area contributed by atoms with Gasteiger partial charge >= 0.3 is 0 Å². The van der Waals surface area contributed by atoms with E-state index in [2.05, 4.69) is 53.7 Å². The van der Waals surface area contributed by atoms with E-state index in [9.17, 15) is 5.11 Å². The Morgan fingerprint density at radius 3 is 2.41 bits per heavy atom. The van der Waals surface area contributed by atoms with Crippen molar-refractivity contribution in [3.05, 3.63) is 23.3 Å². The van der Waals surface area contributed by atoms with Crippen LogP contribution < -0.4 is 0 Å². The monoisotopic (exact) mass is 398 g/mol. The molecule has 3 fully saturated rings. The van der Waals surface area contributed by atoms with E-state index in [-0.39, 0.29) is 6.10 Å². The van der Waals surface area contributed by atoms with Crippen LogP contribution in [-0.2, 0) is 0 Å². The van der Waals surface area contributed by atoms with Crippen LogP contribution in [0.4, 0.5) is 0 Å². The number of hydrogen-bond donors (Lipinski definition) is 1. The lowest BCUT2D eigenvalue weighted by Gasteiger charge is -2.55. The molecule has 1 heteroatoms. The molecule has 4 aliphatic rings. The van der Waals surface area contributed by atoms with E-state index in [4.69, 9.17) is 0 Å². The summed E-state index contributed by atoms with van der Waals surface area (Å²) in [6.45, 7) is 14.9. The minimum Gasteiger partial charge on any atom is -0.393 e. The van der Waals surface area contributed by atoms with Crippen LogP contribution in [0.15, 0.2) is 23.3 Å². The molecule has 0 aromatic carbocycles. The van der Waals surface area contributed by atoms with Gasteiger partial charge in [-0.3, -0.25) is 0 Å². The first-order chi connectivity index (χ1) is 13.7. The van der Waals surface area contributed by atoms with Gasteiger partial charge in [-0.15, -0.1) is 0 Å². The van der Waals surface area contributed by atoms with Crippen molar-refractivity contribution < 1.29 is 5.11 Å². The second-order valence-electron chi connectivity index (χ2n) is 12.3. The van der Waals surface area contributed by atoms with Crippen LogP contribution in [-0.4, -0.2) is 11.2 Å². The molecule has 3 saturated carbocycles. The average molecular weight is 399 g/mol. The van der Waals surface area contributed by atoms with E-state index in [0.717, 1.165) is 48.3 Å². The summed E-state index contributed by atoms with van der Waals surface area (Å²) in [6, 6.07) is 0. The molecule has 4 rings (SSSR count). The maximum Gasteiger partial charge on any atom is 0.0578 e. The SMILES string of the molecule is CC(C)[C@@H](C)CC[C@@H](C)[C@H]1CC[C@H]2C3=CC=C4C[C@@H](O)CC[C@]4(C)[C@@H]3CC[C@]12C. The molecule has 164 valence electrons. The summed E-state index contributed by atoms with van der Waals surface area (Å²) in [5.74, 6) is 4.97. The van der Waals surface area contributed by atoms with Gasteiger partial charge in [0.05, 0.1) is 6.10 Å². The van der Waals surface area contributed by atoms with Gasteiger partial charge in [-0.05, 0) is 91.3 Å². The third kappa shape index (κ3) is 3.58. The van der Waals surface area contributed by atoms with Crippen LogP contribution in [0, 0.1) is 46.3 Å². The lowest BCUT2D eigenvalue weighted by atomic mass is 9.50. The van der Waals surface area contributed by atoms with E-state index < -0.39 is 0 Å². The number of fused-ring (bicyclic) bond motifs is 5. The van der Waals surface area contributed by atoms with Gasteiger partial charge in [0.2, 0.25) is 0 Å². The second-order valence-corrected chi connectivity index (χ2v) is 12.3. The summed E-state index contributed by atoms with van der Waals surface area (Å²) in [6.07, 6.45) is 16.4. The fourth-order valence-corrected chi connectivity index (χ4v) is 8.02. The zero-order valence-electron chi connectivity index (χ0n) is 20.0. The normalized spacial score (nSPS) is 43.7. The molecule has 0 aliphatic heterocycles. The largest absolute Gasteiger partial charge is 0.393 e. The molecule has 1 N–H and O–H groups in total. The fraction of sp³-hybridized carbons (Fsp3) is 0.857. The Labute approximate surface area is 180 Å². The maximum absolute atomic E-state index is 10.2. The highest BCUT2D eigenvalue weighted by atomic mass is 16.3. The van der Waals surface area contributed by atoms with Gasteiger partial charge in [0.1, 0.15) is 0 Å². The zero-order chi connectivity index (χ0) is 21.0. The molecule has 1 nitrogen and oxygen atoms in total. The van der Waals surface area contributed by atoms with Gasteiger partial charge in [-0.2, -0.15) is 0 Å². The van der Waals surface area contributed by atoms with Crippen molar-refractivity contribution in [3.63, 3.8) is 0 Å². The smallest absolute Gasteiger partial charge is 0.0578 e. The van der Waals surface area contributed by atoms with Crippen molar-refractivity contribution in [2.45, 2.75) is 105 Å². The van der Waals surface area contributed by atoms with E-state index in [1.54, 1.807) is 11.1 Å². The Bertz CT molecular complexity index is 672. The highest BCUT2D eigenvalue weighted by molar-refractivity contribution is 5.38. The standard InChI is InChI=1S/C28H46O/c1-18(2)19(3)7-8-20(4)24-11-12-25-23-10-9-21-17-22(29)13-15-27(21,5)26(23)14-16-28(24,25)6/h9-10,18-20,22,24-26,29H,7-8,11-17H2,1-6H3/t19-,20+,22-,24+,25-,26+,27-,28+/m0/s1. The summed E-state index contributed by atoms with van der Waals surface area (Å²) >= 11 is 0. The molecule has 0 amide bonds. The number of hydrogen-bond acceptors (Lipinski definition) is 1. The molecule has 0 radical (unpaired) electrons. The number of allylic oxidation sites excluding steroid dienone is 3. The Hall–Kier alpha value is -0.560. The second kappa shape index (κ2) is 7.85. The fourth-order valence-electron chi connectivity index (χ4n) is 8.02. The third-order valence-electron chi connectivity index (χ3n) is 10.5. The molecular weight excluding hydrogens is 352 g/mol. The van der Waals surface area contributed by atoms with Gasteiger partial charge in [0.15, 0.2) is 0 Å². The van der Waals surface area contributed by atoms with Crippen molar-refractivity contribution in [1.82, 2.24) is 0 Å². The van der Waals surface area contributed by atoms with Crippen LogP contribution in [0.25, 0.3) is 0 Å². The van der Waals surface area contributed by atoms with E-state index in [0.29, 0.717) is 10.8 Å². The molecule has 0 bridgehead atoms. The molecule has 29 heavy (non-hydrogen) atoms.